The number of halogens is 6. The lowest BCUT2D eigenvalue weighted by Gasteiger charge is -2.26. The average Bonchev–Trinajstić information content (AvgIpc) is 2.86. The van der Waals surface area contributed by atoms with Gasteiger partial charge in [0.15, 0.2) is 12.4 Å². The normalized spacial score (nSPS) is 14.5. The number of rotatable bonds is 5. The van der Waals surface area contributed by atoms with E-state index in [-0.39, 0.29) is 23.0 Å². The summed E-state index contributed by atoms with van der Waals surface area (Å²) < 4.78 is 82.1. The standard InChI is InChI=1S/C24H12ClF5N2O4/c25-11-3-1-10(2-4-11)17-13-6-5-12(7-15(13)36-24(32)14(17)8-31)35-16(33)9-34-23-21(29)19(27)18(26)20(28)22(23)30/h1-7,17H,9,32H2. The molecule has 1 aliphatic heterocycles. The Bertz CT molecular complexity index is 1430. The number of carbonyl (C=O) groups is 1. The highest BCUT2D eigenvalue weighted by Gasteiger charge is 2.31. The number of hydrogen-bond acceptors (Lipinski definition) is 6. The molecule has 0 spiro atoms. The van der Waals surface area contributed by atoms with Gasteiger partial charge in [-0.25, -0.2) is 18.0 Å². The second-order valence-electron chi connectivity index (χ2n) is 7.34. The van der Waals surface area contributed by atoms with Crippen molar-refractivity contribution in [2.24, 2.45) is 5.73 Å². The minimum atomic E-state index is -2.36. The van der Waals surface area contributed by atoms with Gasteiger partial charge in [-0.2, -0.15) is 14.0 Å². The van der Waals surface area contributed by atoms with Gasteiger partial charge in [-0.1, -0.05) is 29.8 Å². The summed E-state index contributed by atoms with van der Waals surface area (Å²) in [4.78, 5) is 12.1. The highest BCUT2D eigenvalue weighted by molar-refractivity contribution is 6.30. The van der Waals surface area contributed by atoms with Crippen molar-refractivity contribution in [3.05, 3.63) is 99.2 Å². The number of nitrogens with two attached hydrogens (primary N) is 1. The maximum Gasteiger partial charge on any atom is 0.349 e. The molecule has 3 aromatic rings. The van der Waals surface area contributed by atoms with E-state index in [1.165, 1.54) is 18.2 Å². The summed E-state index contributed by atoms with van der Waals surface area (Å²) in [5, 5.41) is 10.1. The molecule has 0 aromatic heterocycles. The highest BCUT2D eigenvalue weighted by atomic mass is 35.5. The maximum absolute atomic E-state index is 13.7. The molecule has 1 aliphatic rings. The summed E-state index contributed by atoms with van der Waals surface area (Å²) >= 11 is 5.94. The van der Waals surface area contributed by atoms with E-state index < -0.39 is 53.3 Å². The Morgan fingerprint density at radius 2 is 1.61 bits per heavy atom. The summed E-state index contributed by atoms with van der Waals surface area (Å²) in [6, 6.07) is 12.8. The van der Waals surface area contributed by atoms with Crippen LogP contribution in [0.15, 0.2) is 53.9 Å². The van der Waals surface area contributed by atoms with Crippen LogP contribution in [0.1, 0.15) is 17.0 Å². The number of benzene rings is 3. The third-order valence-corrected chi connectivity index (χ3v) is 5.38. The van der Waals surface area contributed by atoms with Gasteiger partial charge >= 0.3 is 5.97 Å². The second-order valence-corrected chi connectivity index (χ2v) is 7.77. The van der Waals surface area contributed by atoms with Crippen LogP contribution >= 0.6 is 11.6 Å². The van der Waals surface area contributed by atoms with Crippen molar-refractivity contribution in [2.45, 2.75) is 5.92 Å². The van der Waals surface area contributed by atoms with Gasteiger partial charge in [0.05, 0.1) is 5.92 Å². The third kappa shape index (κ3) is 4.50. The van der Waals surface area contributed by atoms with E-state index in [0.717, 1.165) is 0 Å². The Kier molecular flexibility index (Phi) is 6.72. The number of hydrogen-bond donors (Lipinski definition) is 1. The van der Waals surface area contributed by atoms with Crippen molar-refractivity contribution in [1.29, 1.82) is 5.26 Å². The van der Waals surface area contributed by atoms with Crippen LogP contribution in [-0.2, 0) is 4.79 Å². The van der Waals surface area contributed by atoms with Crippen LogP contribution in [0.5, 0.6) is 17.2 Å². The Morgan fingerprint density at radius 1 is 1.00 bits per heavy atom. The Labute approximate surface area is 204 Å². The number of ether oxygens (including phenoxy) is 3. The minimum absolute atomic E-state index is 0.108. The molecular weight excluding hydrogens is 511 g/mol. The van der Waals surface area contributed by atoms with E-state index in [4.69, 9.17) is 26.8 Å². The van der Waals surface area contributed by atoms with Gasteiger partial charge < -0.3 is 19.9 Å². The fourth-order valence-corrected chi connectivity index (χ4v) is 3.63. The number of fused-ring (bicyclic) bond motifs is 1. The molecule has 4 rings (SSSR count). The van der Waals surface area contributed by atoms with Crippen LogP contribution in [0, 0.1) is 40.4 Å². The van der Waals surface area contributed by atoms with Gasteiger partial charge in [0.1, 0.15) is 23.1 Å². The molecular formula is C24H12ClF5N2O4. The fraction of sp³-hybridized carbons (Fsp3) is 0.0833. The summed E-state index contributed by atoms with van der Waals surface area (Å²) in [5.74, 6) is -14.9. The first-order chi connectivity index (χ1) is 17.1. The number of esters is 1. The molecule has 0 amide bonds. The zero-order chi connectivity index (χ0) is 26.1. The van der Waals surface area contributed by atoms with Crippen molar-refractivity contribution in [3.63, 3.8) is 0 Å². The van der Waals surface area contributed by atoms with Crippen LogP contribution in [0.2, 0.25) is 5.02 Å². The highest BCUT2D eigenvalue weighted by Crippen LogP contribution is 2.43. The lowest BCUT2D eigenvalue weighted by Crippen LogP contribution is -2.22. The van der Waals surface area contributed by atoms with Crippen LogP contribution in [0.25, 0.3) is 0 Å². The van der Waals surface area contributed by atoms with Gasteiger partial charge in [-0.3, -0.25) is 0 Å². The molecule has 0 bridgehead atoms. The van der Waals surface area contributed by atoms with Crippen molar-refractivity contribution < 1.29 is 41.0 Å². The summed E-state index contributed by atoms with van der Waals surface area (Å²) in [7, 11) is 0. The van der Waals surface area contributed by atoms with Gasteiger partial charge in [0, 0.05) is 16.7 Å². The van der Waals surface area contributed by atoms with Gasteiger partial charge in [0.25, 0.3) is 0 Å². The number of carbonyl (C=O) groups excluding carboxylic acids is 1. The number of nitrogens with zero attached hydrogens (tertiary/aromatic N) is 1. The van der Waals surface area contributed by atoms with E-state index in [2.05, 4.69) is 4.74 Å². The van der Waals surface area contributed by atoms with Gasteiger partial charge in [-0.05, 0) is 23.8 Å². The molecule has 0 saturated carbocycles. The SMILES string of the molecule is N#CC1=C(N)Oc2cc(OC(=O)COc3c(F)c(F)c(F)c(F)c3F)ccc2C1c1ccc(Cl)cc1. The topological polar surface area (TPSA) is 94.6 Å². The first-order valence-electron chi connectivity index (χ1n) is 9.94. The summed E-state index contributed by atoms with van der Waals surface area (Å²) in [6.45, 7) is -1.18. The van der Waals surface area contributed by atoms with E-state index in [9.17, 15) is 32.0 Å². The maximum atomic E-state index is 13.7. The smallest absolute Gasteiger partial charge is 0.349 e. The first kappa shape index (κ1) is 24.8. The Morgan fingerprint density at radius 3 is 2.22 bits per heavy atom. The van der Waals surface area contributed by atoms with Crippen LogP contribution in [0.3, 0.4) is 0 Å². The predicted octanol–water partition coefficient (Wildman–Crippen LogP) is 5.24. The summed E-state index contributed by atoms with van der Waals surface area (Å²) in [6.07, 6.45) is 0. The van der Waals surface area contributed by atoms with Crippen LogP contribution < -0.4 is 19.9 Å². The predicted molar refractivity (Wildman–Crippen MR) is 115 cm³/mol. The Balaban J connectivity index is 1.55. The molecule has 36 heavy (non-hydrogen) atoms. The monoisotopic (exact) mass is 522 g/mol. The lowest BCUT2D eigenvalue weighted by atomic mass is 9.83. The Hall–Kier alpha value is -4.30. The molecule has 1 atom stereocenters. The largest absolute Gasteiger partial charge is 0.476 e. The number of nitriles is 1. The third-order valence-electron chi connectivity index (χ3n) is 5.13. The quantitative estimate of drug-likeness (QED) is 0.162. The van der Waals surface area contributed by atoms with Crippen LogP contribution in [0.4, 0.5) is 22.0 Å². The molecule has 6 nitrogen and oxygen atoms in total. The van der Waals surface area contributed by atoms with E-state index >= 15 is 0 Å². The summed E-state index contributed by atoms with van der Waals surface area (Å²) in [5.41, 5.74) is 7.25. The molecule has 0 fully saturated rings. The first-order valence-corrected chi connectivity index (χ1v) is 10.3. The van der Waals surface area contributed by atoms with E-state index in [1.807, 2.05) is 6.07 Å². The molecule has 1 heterocycles. The van der Waals surface area contributed by atoms with Crippen molar-refractivity contribution in [3.8, 4) is 23.3 Å². The lowest BCUT2D eigenvalue weighted by molar-refractivity contribution is -0.136. The molecule has 2 N–H and O–H groups in total. The zero-order valence-electron chi connectivity index (χ0n) is 17.8. The van der Waals surface area contributed by atoms with Gasteiger partial charge in [-0.15, -0.1) is 0 Å². The molecule has 184 valence electrons. The molecule has 0 saturated heterocycles. The van der Waals surface area contributed by atoms with Crippen molar-refractivity contribution >= 4 is 17.6 Å². The van der Waals surface area contributed by atoms with Crippen molar-refractivity contribution in [2.75, 3.05) is 6.61 Å². The fourth-order valence-electron chi connectivity index (χ4n) is 3.50. The minimum Gasteiger partial charge on any atom is -0.476 e. The van der Waals surface area contributed by atoms with Gasteiger partial charge in [0.2, 0.25) is 35.0 Å². The molecule has 3 aromatic carbocycles. The average molecular weight is 523 g/mol. The second kappa shape index (κ2) is 9.75. The molecule has 12 heteroatoms. The number of allylic oxidation sites excluding steroid dienone is 1. The molecule has 1 unspecified atom stereocenters. The van der Waals surface area contributed by atoms with Crippen molar-refractivity contribution in [1.82, 2.24) is 0 Å². The molecule has 0 aliphatic carbocycles. The molecule has 0 radical (unpaired) electrons. The zero-order valence-corrected chi connectivity index (χ0v) is 18.5. The van der Waals surface area contributed by atoms with Crippen LogP contribution in [-0.4, -0.2) is 12.6 Å². The van der Waals surface area contributed by atoms with E-state index in [1.54, 1.807) is 24.3 Å². The van der Waals surface area contributed by atoms with E-state index in [0.29, 0.717) is 16.1 Å².